The summed E-state index contributed by atoms with van der Waals surface area (Å²) in [5.41, 5.74) is 11.7. The largest absolute Gasteiger partial charge is 0.489 e. The second kappa shape index (κ2) is 5.46. The van der Waals surface area contributed by atoms with Gasteiger partial charge in [0.05, 0.1) is 18.2 Å². The molecule has 4 N–H and O–H groups in total. The van der Waals surface area contributed by atoms with E-state index in [0.717, 1.165) is 6.42 Å². The Hall–Kier alpha value is -1.46. The molecular formula is C12H15ClN2O3. The molecular weight excluding hydrogens is 256 g/mol. The number of carbonyl (C=O) groups is 1. The fraction of sp³-hybridized carbons (Fsp3) is 0.417. The molecule has 1 atom stereocenters. The number of hydrogen-bond donors (Lipinski definition) is 2. The van der Waals surface area contributed by atoms with Gasteiger partial charge in [0, 0.05) is 18.9 Å². The van der Waals surface area contributed by atoms with Crippen molar-refractivity contribution in [1.82, 2.24) is 0 Å². The van der Waals surface area contributed by atoms with Crippen LogP contribution in [-0.4, -0.2) is 19.1 Å². The number of primary amides is 1. The van der Waals surface area contributed by atoms with Crippen molar-refractivity contribution in [2.24, 2.45) is 11.5 Å². The first-order valence-corrected chi connectivity index (χ1v) is 6.08. The van der Waals surface area contributed by atoms with E-state index < -0.39 is 11.9 Å². The van der Waals surface area contributed by atoms with Gasteiger partial charge in [-0.15, -0.1) is 0 Å². The van der Waals surface area contributed by atoms with E-state index in [9.17, 15) is 4.79 Å². The number of hydrogen-bond acceptors (Lipinski definition) is 4. The summed E-state index contributed by atoms with van der Waals surface area (Å²) in [6, 6.07) is 2.94. The van der Waals surface area contributed by atoms with Gasteiger partial charge in [-0.3, -0.25) is 4.79 Å². The van der Waals surface area contributed by atoms with Crippen LogP contribution in [0.3, 0.4) is 0 Å². The lowest BCUT2D eigenvalue weighted by molar-refractivity contribution is -0.118. The third-order valence-corrected chi connectivity index (χ3v) is 2.95. The Bertz CT molecular complexity index is 465. The SMILES string of the molecule is NC(=O)C[C@H](N)c1cc(Cl)c2c(c1)OCCCO2. The van der Waals surface area contributed by atoms with Crippen LogP contribution in [0.5, 0.6) is 11.5 Å². The normalized spacial score (nSPS) is 15.9. The molecule has 0 radical (unpaired) electrons. The molecule has 0 spiro atoms. The van der Waals surface area contributed by atoms with E-state index in [4.69, 9.17) is 32.5 Å². The third kappa shape index (κ3) is 2.86. The number of benzene rings is 1. The smallest absolute Gasteiger partial charge is 0.219 e. The molecule has 1 aromatic rings. The molecule has 1 heterocycles. The number of carbonyl (C=O) groups excluding carboxylic acids is 1. The zero-order chi connectivity index (χ0) is 13.1. The molecule has 0 saturated heterocycles. The lowest BCUT2D eigenvalue weighted by Gasteiger charge is -2.15. The Morgan fingerprint density at radius 3 is 2.83 bits per heavy atom. The van der Waals surface area contributed by atoms with Gasteiger partial charge >= 0.3 is 0 Å². The minimum Gasteiger partial charge on any atom is -0.489 e. The topological polar surface area (TPSA) is 87.6 Å². The second-order valence-corrected chi connectivity index (χ2v) is 4.56. The minimum absolute atomic E-state index is 0.0654. The number of fused-ring (bicyclic) bond motifs is 1. The molecule has 18 heavy (non-hydrogen) atoms. The van der Waals surface area contributed by atoms with Crippen LogP contribution in [0.2, 0.25) is 5.02 Å². The molecule has 0 bridgehead atoms. The minimum atomic E-state index is -0.489. The first kappa shape index (κ1) is 13.0. The van der Waals surface area contributed by atoms with Gasteiger partial charge < -0.3 is 20.9 Å². The van der Waals surface area contributed by atoms with Gasteiger partial charge in [0.15, 0.2) is 11.5 Å². The van der Waals surface area contributed by atoms with Gasteiger partial charge in [0.1, 0.15) is 0 Å². The predicted molar refractivity (Wildman–Crippen MR) is 67.8 cm³/mol. The van der Waals surface area contributed by atoms with E-state index in [1.165, 1.54) is 0 Å². The van der Waals surface area contributed by atoms with Crippen molar-refractivity contribution in [1.29, 1.82) is 0 Å². The Balaban J connectivity index is 2.31. The van der Waals surface area contributed by atoms with Crippen LogP contribution >= 0.6 is 11.6 Å². The first-order valence-electron chi connectivity index (χ1n) is 5.71. The van der Waals surface area contributed by atoms with E-state index in [1.54, 1.807) is 12.1 Å². The van der Waals surface area contributed by atoms with Crippen molar-refractivity contribution in [3.05, 3.63) is 22.7 Å². The molecule has 0 fully saturated rings. The van der Waals surface area contributed by atoms with E-state index in [-0.39, 0.29) is 6.42 Å². The maximum Gasteiger partial charge on any atom is 0.219 e. The molecule has 98 valence electrons. The van der Waals surface area contributed by atoms with Crippen molar-refractivity contribution in [2.75, 3.05) is 13.2 Å². The van der Waals surface area contributed by atoms with E-state index in [1.807, 2.05) is 0 Å². The highest BCUT2D eigenvalue weighted by molar-refractivity contribution is 6.32. The van der Waals surface area contributed by atoms with Crippen LogP contribution in [0.25, 0.3) is 0 Å². The van der Waals surface area contributed by atoms with Gasteiger partial charge in [0.2, 0.25) is 5.91 Å². The summed E-state index contributed by atoms with van der Waals surface area (Å²) in [5.74, 6) is 0.643. The predicted octanol–water partition coefficient (Wildman–Crippen LogP) is 1.38. The van der Waals surface area contributed by atoms with Crippen molar-refractivity contribution in [2.45, 2.75) is 18.9 Å². The van der Waals surface area contributed by atoms with Crippen molar-refractivity contribution in [3.8, 4) is 11.5 Å². The van der Waals surface area contributed by atoms with Gasteiger partial charge in [-0.25, -0.2) is 0 Å². The molecule has 1 aliphatic rings. The molecule has 0 aliphatic carbocycles. The lowest BCUT2D eigenvalue weighted by Crippen LogP contribution is -2.20. The Labute approximate surface area is 110 Å². The molecule has 6 heteroatoms. The van der Waals surface area contributed by atoms with E-state index in [2.05, 4.69) is 0 Å². The van der Waals surface area contributed by atoms with Gasteiger partial charge in [-0.05, 0) is 17.7 Å². The van der Waals surface area contributed by atoms with Crippen LogP contribution in [0.1, 0.15) is 24.4 Å². The molecule has 1 aromatic carbocycles. The van der Waals surface area contributed by atoms with Gasteiger partial charge in [-0.1, -0.05) is 11.6 Å². The standard InChI is InChI=1S/C12H15ClN2O3/c13-8-4-7(9(14)6-11(15)16)5-10-12(8)18-3-1-2-17-10/h4-5,9H,1-3,6,14H2,(H2,15,16)/t9-/m0/s1. The van der Waals surface area contributed by atoms with Crippen LogP contribution in [0.4, 0.5) is 0 Å². The maximum atomic E-state index is 10.9. The Kier molecular flexibility index (Phi) is 3.93. The number of ether oxygens (including phenoxy) is 2. The Morgan fingerprint density at radius 1 is 1.39 bits per heavy atom. The number of nitrogens with two attached hydrogens (primary N) is 2. The number of rotatable bonds is 3. The van der Waals surface area contributed by atoms with Crippen LogP contribution in [-0.2, 0) is 4.79 Å². The molecule has 1 aliphatic heterocycles. The number of halogens is 1. The van der Waals surface area contributed by atoms with Crippen LogP contribution in [0, 0.1) is 0 Å². The van der Waals surface area contributed by atoms with Gasteiger partial charge in [-0.2, -0.15) is 0 Å². The lowest BCUT2D eigenvalue weighted by atomic mass is 10.0. The summed E-state index contributed by atoms with van der Waals surface area (Å²) in [7, 11) is 0. The zero-order valence-electron chi connectivity index (χ0n) is 9.82. The Morgan fingerprint density at radius 2 is 2.11 bits per heavy atom. The first-order chi connectivity index (χ1) is 8.58. The maximum absolute atomic E-state index is 10.9. The highest BCUT2D eigenvalue weighted by atomic mass is 35.5. The summed E-state index contributed by atoms with van der Waals surface area (Å²) >= 11 is 6.12. The highest BCUT2D eigenvalue weighted by Crippen LogP contribution is 2.39. The molecule has 0 saturated carbocycles. The molecule has 1 amide bonds. The summed E-state index contributed by atoms with van der Waals surface area (Å²) < 4.78 is 11.0. The molecule has 0 aromatic heterocycles. The monoisotopic (exact) mass is 270 g/mol. The van der Waals surface area contributed by atoms with Crippen LogP contribution < -0.4 is 20.9 Å². The number of amides is 1. The quantitative estimate of drug-likeness (QED) is 0.868. The average molecular weight is 271 g/mol. The summed E-state index contributed by atoms with van der Waals surface area (Å²) in [6.07, 6.45) is 0.865. The van der Waals surface area contributed by atoms with Crippen molar-refractivity contribution >= 4 is 17.5 Å². The average Bonchev–Trinajstić information content (AvgIpc) is 2.53. The fourth-order valence-corrected chi connectivity index (χ4v) is 2.07. The van der Waals surface area contributed by atoms with E-state index >= 15 is 0 Å². The third-order valence-electron chi connectivity index (χ3n) is 2.67. The molecule has 2 rings (SSSR count). The molecule has 0 unspecified atom stereocenters. The second-order valence-electron chi connectivity index (χ2n) is 4.16. The van der Waals surface area contributed by atoms with Crippen molar-refractivity contribution in [3.63, 3.8) is 0 Å². The van der Waals surface area contributed by atoms with Crippen molar-refractivity contribution < 1.29 is 14.3 Å². The summed E-state index contributed by atoms with van der Waals surface area (Å²) in [5, 5.41) is 0.435. The van der Waals surface area contributed by atoms with E-state index in [0.29, 0.717) is 35.3 Å². The summed E-state index contributed by atoms with van der Waals surface area (Å²) in [4.78, 5) is 10.9. The fourth-order valence-electron chi connectivity index (χ4n) is 1.80. The summed E-state index contributed by atoms with van der Waals surface area (Å²) in [6.45, 7) is 1.14. The highest BCUT2D eigenvalue weighted by Gasteiger charge is 2.18. The van der Waals surface area contributed by atoms with Crippen LogP contribution in [0.15, 0.2) is 12.1 Å². The van der Waals surface area contributed by atoms with Gasteiger partial charge in [0.25, 0.3) is 0 Å². The zero-order valence-corrected chi connectivity index (χ0v) is 10.6. The molecule has 5 nitrogen and oxygen atoms in total.